The van der Waals surface area contributed by atoms with Gasteiger partial charge in [-0.05, 0) is 55.7 Å². The van der Waals surface area contributed by atoms with E-state index in [4.69, 9.17) is 9.26 Å². The summed E-state index contributed by atoms with van der Waals surface area (Å²) in [4.78, 5) is 14.8. The van der Waals surface area contributed by atoms with Gasteiger partial charge in [-0.2, -0.15) is 0 Å². The molecular formula is C21H28N2O3. The van der Waals surface area contributed by atoms with Gasteiger partial charge in [0.2, 0.25) is 0 Å². The average molecular weight is 356 g/mol. The minimum atomic E-state index is 0.0730. The van der Waals surface area contributed by atoms with Crippen molar-refractivity contribution in [1.82, 2.24) is 10.1 Å². The van der Waals surface area contributed by atoms with Crippen molar-refractivity contribution in [3.8, 4) is 5.75 Å². The summed E-state index contributed by atoms with van der Waals surface area (Å²) in [6.07, 6.45) is 7.66. The fourth-order valence-corrected chi connectivity index (χ4v) is 3.66. The lowest BCUT2D eigenvalue weighted by Gasteiger charge is -2.32. The number of hydrogen-bond donors (Lipinski definition) is 0. The molecule has 3 rings (SSSR count). The number of likely N-dealkylation sites (tertiary alicyclic amines) is 1. The Kier molecular flexibility index (Phi) is 6.31. The maximum absolute atomic E-state index is 12.9. The number of aryl methyl sites for hydroxylation is 2. The fourth-order valence-electron chi connectivity index (χ4n) is 3.66. The second-order valence-corrected chi connectivity index (χ2v) is 7.06. The molecule has 1 aromatic carbocycles. The molecule has 0 radical (unpaired) electrons. The van der Waals surface area contributed by atoms with Gasteiger partial charge in [-0.3, -0.25) is 4.79 Å². The molecule has 1 aromatic heterocycles. The van der Waals surface area contributed by atoms with Crippen molar-refractivity contribution >= 4 is 5.91 Å². The van der Waals surface area contributed by atoms with Crippen molar-refractivity contribution in [1.29, 1.82) is 0 Å². The van der Waals surface area contributed by atoms with E-state index in [9.17, 15) is 4.79 Å². The van der Waals surface area contributed by atoms with E-state index in [2.05, 4.69) is 24.2 Å². The number of ether oxygens (including phenoxy) is 1. The number of rotatable bonds is 7. The van der Waals surface area contributed by atoms with Gasteiger partial charge in [0.1, 0.15) is 17.1 Å². The number of aromatic nitrogens is 1. The van der Waals surface area contributed by atoms with Gasteiger partial charge in [-0.15, -0.1) is 0 Å². The molecule has 1 fully saturated rings. The molecule has 0 N–H and O–H groups in total. The Balaban J connectivity index is 1.56. The molecule has 0 aliphatic carbocycles. The molecule has 5 nitrogen and oxygen atoms in total. The molecule has 1 saturated heterocycles. The van der Waals surface area contributed by atoms with E-state index in [1.54, 1.807) is 13.3 Å². The zero-order chi connectivity index (χ0) is 18.4. The van der Waals surface area contributed by atoms with Crippen LogP contribution in [-0.2, 0) is 12.8 Å². The van der Waals surface area contributed by atoms with Crippen LogP contribution in [0.3, 0.4) is 0 Å². The molecule has 0 saturated carbocycles. The third kappa shape index (κ3) is 4.45. The molecule has 2 heterocycles. The number of nitrogens with zero attached hydrogens (tertiary/aromatic N) is 2. The number of carbonyl (C=O) groups excluding carboxylic acids is 1. The van der Waals surface area contributed by atoms with Gasteiger partial charge in [0, 0.05) is 19.5 Å². The van der Waals surface area contributed by atoms with Crippen LogP contribution in [0.25, 0.3) is 0 Å². The highest BCUT2D eigenvalue weighted by molar-refractivity contribution is 5.94. The van der Waals surface area contributed by atoms with Crippen LogP contribution in [0.15, 0.2) is 35.0 Å². The summed E-state index contributed by atoms with van der Waals surface area (Å²) >= 11 is 0. The van der Waals surface area contributed by atoms with Crippen LogP contribution in [0.1, 0.15) is 54.3 Å². The average Bonchev–Trinajstić information content (AvgIpc) is 3.15. The van der Waals surface area contributed by atoms with Gasteiger partial charge in [0.05, 0.1) is 13.3 Å². The monoisotopic (exact) mass is 356 g/mol. The van der Waals surface area contributed by atoms with Crippen LogP contribution in [0.5, 0.6) is 5.75 Å². The molecule has 1 aliphatic rings. The van der Waals surface area contributed by atoms with Gasteiger partial charge in [0.15, 0.2) is 0 Å². The number of benzene rings is 1. The summed E-state index contributed by atoms with van der Waals surface area (Å²) in [5.41, 5.74) is 1.96. The van der Waals surface area contributed by atoms with E-state index in [0.717, 1.165) is 56.7 Å². The lowest BCUT2D eigenvalue weighted by atomic mass is 9.91. The molecule has 1 atom stereocenters. The van der Waals surface area contributed by atoms with Crippen molar-refractivity contribution in [2.75, 3.05) is 20.2 Å². The Labute approximate surface area is 155 Å². The predicted octanol–water partition coefficient (Wildman–Crippen LogP) is 4.12. The molecule has 0 spiro atoms. The molecule has 1 aliphatic heterocycles. The Morgan fingerprint density at radius 3 is 2.85 bits per heavy atom. The third-order valence-electron chi connectivity index (χ3n) is 5.16. The molecular weight excluding hydrogens is 328 g/mol. The number of amides is 1. The van der Waals surface area contributed by atoms with E-state index in [1.807, 2.05) is 17.0 Å². The molecule has 5 heteroatoms. The van der Waals surface area contributed by atoms with E-state index >= 15 is 0 Å². The fraction of sp³-hybridized carbons (Fsp3) is 0.524. The van der Waals surface area contributed by atoms with Crippen LogP contribution < -0.4 is 4.74 Å². The number of hydrogen-bond acceptors (Lipinski definition) is 4. The zero-order valence-electron chi connectivity index (χ0n) is 15.7. The minimum Gasteiger partial charge on any atom is -0.497 e. The van der Waals surface area contributed by atoms with Gasteiger partial charge >= 0.3 is 0 Å². The summed E-state index contributed by atoms with van der Waals surface area (Å²) in [5, 5.41) is 3.83. The first kappa shape index (κ1) is 18.5. The summed E-state index contributed by atoms with van der Waals surface area (Å²) in [5.74, 6) is 2.23. The molecule has 140 valence electrons. The Morgan fingerprint density at radius 2 is 2.12 bits per heavy atom. The topological polar surface area (TPSA) is 55.6 Å². The molecule has 0 bridgehead atoms. The largest absolute Gasteiger partial charge is 0.497 e. The van der Waals surface area contributed by atoms with E-state index in [-0.39, 0.29) is 5.91 Å². The highest BCUT2D eigenvalue weighted by atomic mass is 16.5. The number of piperidine rings is 1. The van der Waals surface area contributed by atoms with Gasteiger partial charge in [-0.25, -0.2) is 0 Å². The standard InChI is InChI=1S/C21H28N2O3/c1-3-5-20-19(14-22-26-20)21(24)23-13-4-6-17(15-23)8-7-16-9-11-18(25-2)12-10-16/h9-12,14,17H,3-8,13,15H2,1-2H3. The van der Waals surface area contributed by atoms with Crippen molar-refractivity contribution in [2.24, 2.45) is 5.92 Å². The molecule has 26 heavy (non-hydrogen) atoms. The quantitative estimate of drug-likeness (QED) is 0.749. The second kappa shape index (κ2) is 8.88. The maximum Gasteiger partial charge on any atom is 0.259 e. The number of methoxy groups -OCH3 is 1. The summed E-state index contributed by atoms with van der Waals surface area (Å²) < 4.78 is 10.5. The van der Waals surface area contributed by atoms with Gasteiger partial charge < -0.3 is 14.2 Å². The second-order valence-electron chi connectivity index (χ2n) is 7.06. The predicted molar refractivity (Wildman–Crippen MR) is 100 cm³/mol. The van der Waals surface area contributed by atoms with Crippen molar-refractivity contribution in [3.63, 3.8) is 0 Å². The van der Waals surface area contributed by atoms with E-state index in [1.165, 1.54) is 12.0 Å². The Bertz CT molecular complexity index is 708. The van der Waals surface area contributed by atoms with Gasteiger partial charge in [0.25, 0.3) is 5.91 Å². The minimum absolute atomic E-state index is 0.0730. The van der Waals surface area contributed by atoms with Crippen LogP contribution in [-0.4, -0.2) is 36.2 Å². The number of carbonyl (C=O) groups is 1. The lowest BCUT2D eigenvalue weighted by molar-refractivity contribution is 0.0666. The van der Waals surface area contributed by atoms with Crippen LogP contribution in [0.4, 0.5) is 0 Å². The zero-order valence-corrected chi connectivity index (χ0v) is 15.7. The van der Waals surface area contributed by atoms with Crippen molar-refractivity contribution < 1.29 is 14.1 Å². The Hall–Kier alpha value is -2.30. The van der Waals surface area contributed by atoms with E-state index in [0.29, 0.717) is 11.5 Å². The van der Waals surface area contributed by atoms with Crippen LogP contribution in [0, 0.1) is 5.92 Å². The van der Waals surface area contributed by atoms with Crippen molar-refractivity contribution in [3.05, 3.63) is 47.3 Å². The lowest BCUT2D eigenvalue weighted by Crippen LogP contribution is -2.40. The SMILES string of the molecule is CCCc1oncc1C(=O)N1CCCC(CCc2ccc(OC)cc2)C1. The van der Waals surface area contributed by atoms with Crippen molar-refractivity contribution in [2.45, 2.75) is 45.4 Å². The van der Waals surface area contributed by atoms with Gasteiger partial charge in [-0.1, -0.05) is 24.2 Å². The Morgan fingerprint density at radius 1 is 1.31 bits per heavy atom. The van der Waals surface area contributed by atoms with Crippen LogP contribution >= 0.6 is 0 Å². The molecule has 1 unspecified atom stereocenters. The summed E-state index contributed by atoms with van der Waals surface area (Å²) in [7, 11) is 1.68. The van der Waals surface area contributed by atoms with Crippen LogP contribution in [0.2, 0.25) is 0 Å². The first-order valence-electron chi connectivity index (χ1n) is 9.57. The van der Waals surface area contributed by atoms with E-state index < -0.39 is 0 Å². The first-order valence-corrected chi connectivity index (χ1v) is 9.57. The normalized spacial score (nSPS) is 17.3. The first-order chi connectivity index (χ1) is 12.7. The highest BCUT2D eigenvalue weighted by Crippen LogP contribution is 2.24. The third-order valence-corrected chi connectivity index (χ3v) is 5.16. The summed E-state index contributed by atoms with van der Waals surface area (Å²) in [6.45, 7) is 3.73. The summed E-state index contributed by atoms with van der Waals surface area (Å²) in [6, 6.07) is 8.26. The smallest absolute Gasteiger partial charge is 0.259 e. The molecule has 1 amide bonds. The molecule has 2 aromatic rings. The highest BCUT2D eigenvalue weighted by Gasteiger charge is 2.27. The maximum atomic E-state index is 12.9.